The number of primary amides is 1. The number of hydrogen-bond donors (Lipinski definition) is 2. The fourth-order valence-electron chi connectivity index (χ4n) is 7.45. The SMILES string of the molecule is CC1(C)[C@@H]2C[C@H]3OB([C@H](CCCc4ccccc4)NC(=O)[C@H](Cc4cnco4)c4nccnc4C(N)=O)O[C@@]3(C)[C@H]1C2. The number of nitrogens with one attached hydrogen (secondary N) is 1. The first-order valence-electron chi connectivity index (χ1n) is 14.8. The van der Waals surface area contributed by atoms with Gasteiger partial charge in [0, 0.05) is 18.8 Å². The normalized spacial score (nSPS) is 27.0. The molecule has 1 saturated heterocycles. The number of benzene rings is 1. The van der Waals surface area contributed by atoms with E-state index in [4.69, 9.17) is 19.5 Å². The summed E-state index contributed by atoms with van der Waals surface area (Å²) in [4.78, 5) is 38.8. The first kappa shape index (κ1) is 28.5. The van der Waals surface area contributed by atoms with E-state index in [9.17, 15) is 9.59 Å². The summed E-state index contributed by atoms with van der Waals surface area (Å²) in [5.41, 5.74) is 6.79. The zero-order valence-corrected chi connectivity index (χ0v) is 24.4. The van der Waals surface area contributed by atoms with Crippen LogP contribution in [0.3, 0.4) is 0 Å². The molecule has 1 aliphatic heterocycles. The maximum absolute atomic E-state index is 14.1. The van der Waals surface area contributed by atoms with E-state index in [0.717, 1.165) is 25.7 Å². The van der Waals surface area contributed by atoms with Crippen LogP contribution in [0.1, 0.15) is 79.9 Å². The van der Waals surface area contributed by atoms with Crippen LogP contribution in [0.15, 0.2) is 59.7 Å². The molecule has 3 N–H and O–H groups in total. The van der Waals surface area contributed by atoms with Gasteiger partial charge in [0.05, 0.1) is 35.5 Å². The third kappa shape index (κ3) is 5.24. The first-order valence-corrected chi connectivity index (χ1v) is 14.8. The van der Waals surface area contributed by atoms with E-state index in [1.807, 2.05) is 18.2 Å². The molecule has 3 aromatic rings. The Balaban J connectivity index is 1.26. The van der Waals surface area contributed by atoms with E-state index in [1.165, 1.54) is 24.4 Å². The quantitative estimate of drug-likeness (QED) is 0.332. The van der Waals surface area contributed by atoms with Crippen LogP contribution >= 0.6 is 0 Å². The van der Waals surface area contributed by atoms with Gasteiger partial charge in [-0.1, -0.05) is 44.2 Å². The average molecular weight is 571 g/mol. The highest BCUT2D eigenvalue weighted by atomic mass is 16.7. The second-order valence-corrected chi connectivity index (χ2v) is 12.7. The maximum atomic E-state index is 14.1. The Bertz CT molecular complexity index is 1420. The molecule has 220 valence electrons. The summed E-state index contributed by atoms with van der Waals surface area (Å²) in [6.07, 6.45) is 10.2. The molecule has 3 aliphatic carbocycles. The lowest BCUT2D eigenvalue weighted by atomic mass is 9.43. The second-order valence-electron chi connectivity index (χ2n) is 12.7. The van der Waals surface area contributed by atoms with Gasteiger partial charge in [-0.05, 0) is 61.8 Å². The van der Waals surface area contributed by atoms with Crippen LogP contribution in [-0.4, -0.2) is 51.5 Å². The van der Waals surface area contributed by atoms with Crippen LogP contribution in [0.2, 0.25) is 0 Å². The smallest absolute Gasteiger partial charge is 0.448 e. The number of aromatic nitrogens is 3. The Hall–Kier alpha value is -3.57. The van der Waals surface area contributed by atoms with Gasteiger partial charge in [-0.15, -0.1) is 0 Å². The summed E-state index contributed by atoms with van der Waals surface area (Å²) < 4.78 is 18.9. The van der Waals surface area contributed by atoms with Crippen molar-refractivity contribution in [2.45, 2.75) is 82.9 Å². The number of carbonyl (C=O) groups excluding carboxylic acids is 2. The van der Waals surface area contributed by atoms with Crippen LogP contribution < -0.4 is 11.1 Å². The van der Waals surface area contributed by atoms with Gasteiger partial charge in [0.25, 0.3) is 5.91 Å². The third-order valence-corrected chi connectivity index (χ3v) is 9.94. The second kappa shape index (κ2) is 11.3. The Morgan fingerprint density at radius 1 is 1.14 bits per heavy atom. The number of hydrogen-bond acceptors (Lipinski definition) is 8. The van der Waals surface area contributed by atoms with Crippen LogP contribution in [0.4, 0.5) is 0 Å². The lowest BCUT2D eigenvalue weighted by Gasteiger charge is -2.64. The topological polar surface area (TPSA) is 142 Å². The molecule has 1 aromatic carbocycles. The van der Waals surface area contributed by atoms with Crippen molar-refractivity contribution in [1.82, 2.24) is 20.3 Å². The summed E-state index contributed by atoms with van der Waals surface area (Å²) in [7, 11) is -0.599. The summed E-state index contributed by atoms with van der Waals surface area (Å²) in [5, 5.41) is 3.23. The van der Waals surface area contributed by atoms with Gasteiger partial charge in [-0.3, -0.25) is 14.6 Å². The van der Waals surface area contributed by atoms with Gasteiger partial charge in [-0.2, -0.15) is 0 Å². The van der Waals surface area contributed by atoms with Crippen molar-refractivity contribution in [1.29, 1.82) is 0 Å². The Morgan fingerprint density at radius 2 is 1.93 bits per heavy atom. The fraction of sp³-hybridized carbons (Fsp3) is 0.516. The van der Waals surface area contributed by atoms with Crippen molar-refractivity contribution in [3.8, 4) is 0 Å². The molecule has 6 atom stereocenters. The average Bonchev–Trinajstić information content (AvgIpc) is 3.62. The molecular formula is C31H38BN5O5. The van der Waals surface area contributed by atoms with Crippen molar-refractivity contribution in [2.24, 2.45) is 23.0 Å². The van der Waals surface area contributed by atoms with Gasteiger partial charge in [-0.25, -0.2) is 9.97 Å². The predicted octanol–water partition coefficient (Wildman–Crippen LogP) is 3.67. The van der Waals surface area contributed by atoms with Crippen molar-refractivity contribution < 1.29 is 23.3 Å². The minimum atomic E-state index is -0.892. The molecule has 7 rings (SSSR count). The molecular weight excluding hydrogens is 533 g/mol. The fourth-order valence-corrected chi connectivity index (χ4v) is 7.45. The van der Waals surface area contributed by atoms with E-state index in [0.29, 0.717) is 24.0 Å². The van der Waals surface area contributed by atoms with E-state index >= 15 is 0 Å². The van der Waals surface area contributed by atoms with Gasteiger partial charge in [0.1, 0.15) is 11.5 Å². The largest absolute Gasteiger partial charge is 0.481 e. The molecule has 10 nitrogen and oxygen atoms in total. The lowest BCUT2D eigenvalue weighted by molar-refractivity contribution is -0.199. The molecule has 3 saturated carbocycles. The highest BCUT2D eigenvalue weighted by Crippen LogP contribution is 2.65. The third-order valence-electron chi connectivity index (χ3n) is 9.94. The number of rotatable bonds is 11. The first-order chi connectivity index (χ1) is 20.2. The number of oxazole rings is 1. The van der Waals surface area contributed by atoms with Crippen LogP contribution in [0, 0.1) is 17.3 Å². The molecule has 0 spiro atoms. The highest BCUT2D eigenvalue weighted by Gasteiger charge is 2.68. The summed E-state index contributed by atoms with van der Waals surface area (Å²) in [5.74, 6) is -0.914. The van der Waals surface area contributed by atoms with Crippen molar-refractivity contribution in [2.75, 3.05) is 0 Å². The number of carbonyl (C=O) groups is 2. The maximum Gasteiger partial charge on any atom is 0.481 e. The monoisotopic (exact) mass is 571 g/mol. The zero-order chi connectivity index (χ0) is 29.5. The molecule has 42 heavy (non-hydrogen) atoms. The molecule has 11 heteroatoms. The number of nitrogens with zero attached hydrogens (tertiary/aromatic N) is 3. The van der Waals surface area contributed by atoms with E-state index < -0.39 is 30.5 Å². The highest BCUT2D eigenvalue weighted by molar-refractivity contribution is 6.47. The van der Waals surface area contributed by atoms with Gasteiger partial charge in [0.15, 0.2) is 6.39 Å². The standard InChI is InChI=1S/C31H38BN5O5/c1-30(2)20-14-23(30)31(3)24(15-20)41-32(42-31)25(11-7-10-19-8-5-4-6-9-19)37-29(39)22(16-21-17-34-18-40-21)26-27(28(33)38)36-13-12-35-26/h4-6,8-9,12-13,17-18,20,22-25H,7,10-11,14-16H2,1-3H3,(H2,33,38)(H,37,39)/t20-,22+,23-,24+,25-,31-/m0/s1. The molecule has 2 bridgehead atoms. The van der Waals surface area contributed by atoms with Crippen LogP contribution in [0.25, 0.3) is 0 Å². The van der Waals surface area contributed by atoms with Gasteiger partial charge < -0.3 is 24.8 Å². The molecule has 4 aliphatic rings. The van der Waals surface area contributed by atoms with Gasteiger partial charge in [0.2, 0.25) is 5.91 Å². The van der Waals surface area contributed by atoms with Gasteiger partial charge >= 0.3 is 7.12 Å². The molecule has 2 aromatic heterocycles. The Morgan fingerprint density at radius 3 is 2.64 bits per heavy atom. The van der Waals surface area contributed by atoms with E-state index in [-0.39, 0.29) is 35.2 Å². The van der Waals surface area contributed by atoms with E-state index in [2.05, 4.69) is 53.2 Å². The van der Waals surface area contributed by atoms with Crippen LogP contribution in [-0.2, 0) is 26.9 Å². The Labute approximate surface area is 246 Å². The van der Waals surface area contributed by atoms with Crippen LogP contribution in [0.5, 0.6) is 0 Å². The minimum absolute atomic E-state index is 0.0146. The van der Waals surface area contributed by atoms with Crippen molar-refractivity contribution in [3.05, 3.63) is 78.0 Å². The van der Waals surface area contributed by atoms with Crippen molar-refractivity contribution in [3.63, 3.8) is 0 Å². The number of nitrogens with two attached hydrogens (primary N) is 1. The van der Waals surface area contributed by atoms with E-state index in [1.54, 1.807) is 6.20 Å². The summed E-state index contributed by atoms with van der Waals surface area (Å²) in [6, 6.07) is 10.3. The molecule has 3 heterocycles. The summed E-state index contributed by atoms with van der Waals surface area (Å²) in [6.45, 7) is 6.83. The van der Waals surface area contributed by atoms with Crippen molar-refractivity contribution >= 4 is 18.9 Å². The molecule has 0 unspecified atom stereocenters. The number of aryl methyl sites for hydroxylation is 1. The summed E-state index contributed by atoms with van der Waals surface area (Å²) >= 11 is 0. The molecule has 2 amide bonds. The molecule has 4 fully saturated rings. The number of amides is 2. The minimum Gasteiger partial charge on any atom is -0.448 e. The lowest BCUT2D eigenvalue weighted by Crippen LogP contribution is -2.65. The molecule has 0 radical (unpaired) electrons. The predicted molar refractivity (Wildman–Crippen MR) is 155 cm³/mol. The zero-order valence-electron chi connectivity index (χ0n) is 24.4. The Kier molecular flexibility index (Phi) is 7.65.